The van der Waals surface area contributed by atoms with Gasteiger partial charge in [0.1, 0.15) is 0 Å². The second-order valence-corrected chi connectivity index (χ2v) is 10.6. The van der Waals surface area contributed by atoms with Crippen LogP contribution >= 0.6 is 23.2 Å². The Hall–Kier alpha value is -1.80. The van der Waals surface area contributed by atoms with Crippen molar-refractivity contribution in [2.75, 3.05) is 30.9 Å². The van der Waals surface area contributed by atoms with E-state index in [1.54, 1.807) is 24.3 Å². The average Bonchev–Trinajstić information content (AvgIpc) is 3.42. The monoisotopic (exact) mass is 481 g/mol. The van der Waals surface area contributed by atoms with Crippen molar-refractivity contribution in [2.24, 2.45) is 0 Å². The van der Waals surface area contributed by atoms with E-state index in [1.165, 1.54) is 31.0 Å². The van der Waals surface area contributed by atoms with Gasteiger partial charge in [0.15, 0.2) is 0 Å². The van der Waals surface area contributed by atoms with E-state index in [1.807, 2.05) is 4.90 Å². The van der Waals surface area contributed by atoms with E-state index in [4.69, 9.17) is 23.2 Å². The largest absolute Gasteiger partial charge is 0.334 e. The summed E-state index contributed by atoms with van der Waals surface area (Å²) in [5.74, 6) is -0.0581. The quantitative estimate of drug-likeness (QED) is 0.659. The fraction of sp³-hybridized carbons (Fsp3) is 0.409. The first kappa shape index (κ1) is 22.4. The van der Waals surface area contributed by atoms with Crippen molar-refractivity contribution >= 4 is 44.8 Å². The molecule has 2 aromatic rings. The zero-order chi connectivity index (χ0) is 22.0. The first-order valence-corrected chi connectivity index (χ1v) is 12.7. The molecule has 31 heavy (non-hydrogen) atoms. The van der Waals surface area contributed by atoms with Crippen LogP contribution < -0.4 is 4.72 Å². The molecule has 9 heteroatoms. The molecule has 4 rings (SSSR count). The molecule has 6 nitrogen and oxygen atoms in total. The summed E-state index contributed by atoms with van der Waals surface area (Å²) in [4.78, 5) is 17.6. The van der Waals surface area contributed by atoms with Gasteiger partial charge in [-0.15, -0.1) is 0 Å². The molecule has 0 radical (unpaired) electrons. The van der Waals surface area contributed by atoms with Crippen molar-refractivity contribution in [3.8, 4) is 0 Å². The molecule has 2 aliphatic heterocycles. The van der Waals surface area contributed by atoms with Crippen molar-refractivity contribution in [3.63, 3.8) is 0 Å². The van der Waals surface area contributed by atoms with Crippen LogP contribution in [0.5, 0.6) is 0 Å². The lowest BCUT2D eigenvalue weighted by molar-refractivity contribution is 0.0709. The van der Waals surface area contributed by atoms with Gasteiger partial charge in [0, 0.05) is 30.4 Å². The lowest BCUT2D eigenvalue weighted by Gasteiger charge is -2.28. The minimum absolute atomic E-state index is 0.00356. The van der Waals surface area contributed by atoms with Gasteiger partial charge < -0.3 is 9.80 Å². The molecular formula is C22H25Cl2N3O3S. The maximum Gasteiger partial charge on any atom is 0.261 e. The molecule has 0 saturated carbocycles. The van der Waals surface area contributed by atoms with E-state index >= 15 is 0 Å². The van der Waals surface area contributed by atoms with Crippen LogP contribution in [0, 0.1) is 0 Å². The van der Waals surface area contributed by atoms with Gasteiger partial charge in [0.05, 0.1) is 14.9 Å². The molecule has 2 aromatic carbocycles. The third kappa shape index (κ3) is 5.17. The van der Waals surface area contributed by atoms with Gasteiger partial charge in [-0.25, -0.2) is 8.42 Å². The van der Waals surface area contributed by atoms with Crippen molar-refractivity contribution in [3.05, 3.63) is 58.1 Å². The Morgan fingerprint density at radius 1 is 1.00 bits per heavy atom. The number of anilines is 1. The van der Waals surface area contributed by atoms with Gasteiger partial charge >= 0.3 is 0 Å². The van der Waals surface area contributed by atoms with E-state index in [0.717, 1.165) is 39.0 Å². The van der Waals surface area contributed by atoms with Gasteiger partial charge in [-0.05, 0) is 75.2 Å². The number of nitrogens with zero attached hydrogens (tertiary/aromatic N) is 2. The molecule has 0 aliphatic carbocycles. The zero-order valence-corrected chi connectivity index (χ0v) is 19.4. The van der Waals surface area contributed by atoms with Crippen LogP contribution in [0.4, 0.5) is 5.69 Å². The lowest BCUT2D eigenvalue weighted by atomic mass is 10.1. The third-order valence-corrected chi connectivity index (χ3v) is 7.99. The van der Waals surface area contributed by atoms with Crippen LogP contribution in [0.1, 0.15) is 36.0 Å². The first-order valence-electron chi connectivity index (χ1n) is 10.4. The van der Waals surface area contributed by atoms with E-state index < -0.39 is 10.0 Å². The lowest BCUT2D eigenvalue weighted by Crippen LogP contribution is -2.42. The molecule has 166 valence electrons. The third-order valence-electron chi connectivity index (χ3n) is 5.87. The number of benzene rings is 2. The number of hydrogen-bond donors (Lipinski definition) is 1. The predicted octanol–water partition coefficient (Wildman–Crippen LogP) is 4.49. The summed E-state index contributed by atoms with van der Waals surface area (Å²) >= 11 is 11.8. The molecule has 1 unspecified atom stereocenters. The highest BCUT2D eigenvalue weighted by molar-refractivity contribution is 7.92. The van der Waals surface area contributed by atoms with Crippen LogP contribution in [-0.4, -0.2) is 56.3 Å². The number of hydrogen-bond acceptors (Lipinski definition) is 4. The molecule has 0 aromatic heterocycles. The smallest absolute Gasteiger partial charge is 0.261 e. The number of sulfonamides is 1. The maximum atomic E-state index is 13.2. The number of rotatable bonds is 6. The molecule has 1 N–H and O–H groups in total. The number of likely N-dealkylation sites (tertiary alicyclic amines) is 2. The fourth-order valence-electron chi connectivity index (χ4n) is 4.30. The topological polar surface area (TPSA) is 69.7 Å². The molecule has 2 saturated heterocycles. The van der Waals surface area contributed by atoms with Crippen LogP contribution in [0.2, 0.25) is 10.0 Å². The highest BCUT2D eigenvalue weighted by Gasteiger charge is 2.31. The Kier molecular flexibility index (Phi) is 6.77. The maximum absolute atomic E-state index is 13.2. The summed E-state index contributed by atoms with van der Waals surface area (Å²) in [6.45, 7) is 3.85. The molecule has 1 amide bonds. The molecule has 2 aliphatic rings. The Morgan fingerprint density at radius 3 is 2.52 bits per heavy atom. The van der Waals surface area contributed by atoms with E-state index in [2.05, 4.69) is 9.62 Å². The van der Waals surface area contributed by atoms with Gasteiger partial charge in [0.25, 0.3) is 15.9 Å². The van der Waals surface area contributed by atoms with Gasteiger partial charge in [0.2, 0.25) is 0 Å². The molecule has 0 spiro atoms. The number of carbonyl (C=O) groups is 1. The number of amides is 1. The highest BCUT2D eigenvalue weighted by Crippen LogP contribution is 2.27. The number of carbonyl (C=O) groups excluding carboxylic acids is 1. The second kappa shape index (κ2) is 9.36. The summed E-state index contributed by atoms with van der Waals surface area (Å²) in [6.07, 6.45) is 4.45. The summed E-state index contributed by atoms with van der Waals surface area (Å²) in [7, 11) is -3.87. The Morgan fingerprint density at radius 2 is 1.77 bits per heavy atom. The van der Waals surface area contributed by atoms with Crippen molar-refractivity contribution in [2.45, 2.75) is 36.6 Å². The standard InChI is InChI=1S/C22H25Cl2N3O3S/c23-20-9-8-19(14-21(20)24)31(29,30)25-17-6-3-5-16(13-17)22(28)27-12-4-7-18(27)15-26-10-1-2-11-26/h3,5-6,8-9,13-14,18,25H,1-2,4,7,10-12,15H2. The summed E-state index contributed by atoms with van der Waals surface area (Å²) in [5.41, 5.74) is 0.801. The molecule has 1 atom stereocenters. The first-order chi connectivity index (χ1) is 14.8. The minimum Gasteiger partial charge on any atom is -0.334 e. The normalized spacial score (nSPS) is 19.7. The second-order valence-electron chi connectivity index (χ2n) is 8.06. The zero-order valence-electron chi connectivity index (χ0n) is 17.1. The molecule has 2 heterocycles. The van der Waals surface area contributed by atoms with Crippen molar-refractivity contribution < 1.29 is 13.2 Å². The Labute approximate surface area is 193 Å². The van der Waals surface area contributed by atoms with Gasteiger partial charge in [-0.3, -0.25) is 9.52 Å². The molecule has 2 fully saturated rings. The fourth-order valence-corrected chi connectivity index (χ4v) is 5.73. The van der Waals surface area contributed by atoms with Crippen LogP contribution in [-0.2, 0) is 10.0 Å². The Balaban J connectivity index is 1.49. The summed E-state index contributed by atoms with van der Waals surface area (Å²) in [6, 6.07) is 11.0. The highest BCUT2D eigenvalue weighted by atomic mass is 35.5. The van der Waals surface area contributed by atoms with E-state index in [9.17, 15) is 13.2 Å². The summed E-state index contributed by atoms with van der Waals surface area (Å²) in [5, 5.41) is 0.439. The molecule has 0 bridgehead atoms. The van der Waals surface area contributed by atoms with E-state index in [-0.39, 0.29) is 26.9 Å². The minimum atomic E-state index is -3.87. The van der Waals surface area contributed by atoms with Crippen molar-refractivity contribution in [1.82, 2.24) is 9.80 Å². The van der Waals surface area contributed by atoms with E-state index in [0.29, 0.717) is 11.3 Å². The predicted molar refractivity (Wildman–Crippen MR) is 123 cm³/mol. The SMILES string of the molecule is O=C(c1cccc(NS(=O)(=O)c2ccc(Cl)c(Cl)c2)c1)N1CCCC1CN1CCCC1. The average molecular weight is 482 g/mol. The number of halogens is 2. The van der Waals surface area contributed by atoms with Crippen molar-refractivity contribution in [1.29, 1.82) is 0 Å². The number of nitrogens with one attached hydrogen (secondary N) is 1. The molecular weight excluding hydrogens is 457 g/mol. The summed E-state index contributed by atoms with van der Waals surface area (Å²) < 4.78 is 28.0. The van der Waals surface area contributed by atoms with Gasteiger partial charge in [-0.1, -0.05) is 29.3 Å². The Bertz CT molecular complexity index is 1070. The van der Waals surface area contributed by atoms with Crippen LogP contribution in [0.3, 0.4) is 0 Å². The van der Waals surface area contributed by atoms with Gasteiger partial charge in [-0.2, -0.15) is 0 Å². The van der Waals surface area contributed by atoms with Crippen LogP contribution in [0.15, 0.2) is 47.4 Å². The van der Waals surface area contributed by atoms with Crippen LogP contribution in [0.25, 0.3) is 0 Å².